The molecule has 0 spiro atoms. The van der Waals surface area contributed by atoms with Crippen molar-refractivity contribution in [2.24, 2.45) is 0 Å². The van der Waals surface area contributed by atoms with Crippen LogP contribution in [0.5, 0.6) is 5.75 Å². The molecule has 4 heteroatoms. The zero-order chi connectivity index (χ0) is 12.4. The lowest BCUT2D eigenvalue weighted by atomic mass is 10.1. The molecule has 0 radical (unpaired) electrons. The molecule has 0 N–H and O–H groups in total. The zero-order valence-electron chi connectivity index (χ0n) is 9.97. The quantitative estimate of drug-likeness (QED) is 0.744. The van der Waals surface area contributed by atoms with Crippen LogP contribution in [0.3, 0.4) is 0 Å². The molecule has 0 bridgehead atoms. The number of carbonyl (C=O) groups is 2. The zero-order valence-corrected chi connectivity index (χ0v) is 9.97. The van der Waals surface area contributed by atoms with Gasteiger partial charge in [0.05, 0.1) is 11.7 Å². The largest absolute Gasteiger partial charge is 0.490 e. The SMILES string of the molecule is CN(C)C(=O)c1ccc(C=O)c(OC2CC2)c1. The molecular formula is C13H15NO3. The summed E-state index contributed by atoms with van der Waals surface area (Å²) in [6.07, 6.45) is 2.99. The van der Waals surface area contributed by atoms with Gasteiger partial charge in [0.15, 0.2) is 6.29 Å². The van der Waals surface area contributed by atoms with Gasteiger partial charge in [-0.25, -0.2) is 0 Å². The molecule has 2 rings (SSSR count). The van der Waals surface area contributed by atoms with Crippen LogP contribution in [-0.4, -0.2) is 37.3 Å². The van der Waals surface area contributed by atoms with Crippen LogP contribution in [0.15, 0.2) is 18.2 Å². The van der Waals surface area contributed by atoms with Crippen molar-refractivity contribution in [3.05, 3.63) is 29.3 Å². The van der Waals surface area contributed by atoms with Crippen LogP contribution in [0.25, 0.3) is 0 Å². The number of hydrogen-bond donors (Lipinski definition) is 0. The van der Waals surface area contributed by atoms with Gasteiger partial charge in [-0.15, -0.1) is 0 Å². The number of hydrogen-bond acceptors (Lipinski definition) is 3. The second-order valence-corrected chi connectivity index (χ2v) is 4.39. The second kappa shape index (κ2) is 4.57. The van der Waals surface area contributed by atoms with Gasteiger partial charge in [-0.1, -0.05) is 0 Å². The smallest absolute Gasteiger partial charge is 0.253 e. The first-order chi connectivity index (χ1) is 8.11. The van der Waals surface area contributed by atoms with Crippen LogP contribution in [-0.2, 0) is 0 Å². The summed E-state index contributed by atoms with van der Waals surface area (Å²) < 4.78 is 5.62. The van der Waals surface area contributed by atoms with E-state index in [0.717, 1.165) is 19.1 Å². The van der Waals surface area contributed by atoms with Crippen LogP contribution >= 0.6 is 0 Å². The lowest BCUT2D eigenvalue weighted by Gasteiger charge is -2.13. The van der Waals surface area contributed by atoms with E-state index in [-0.39, 0.29) is 12.0 Å². The Morgan fingerprint density at radius 2 is 2.12 bits per heavy atom. The Morgan fingerprint density at radius 3 is 2.65 bits per heavy atom. The summed E-state index contributed by atoms with van der Waals surface area (Å²) in [6, 6.07) is 4.91. The minimum absolute atomic E-state index is 0.0944. The Kier molecular flexibility index (Phi) is 3.13. The van der Waals surface area contributed by atoms with Crippen LogP contribution in [0.4, 0.5) is 0 Å². The molecule has 1 aliphatic rings. The maximum absolute atomic E-state index is 11.8. The van der Waals surface area contributed by atoms with Crippen LogP contribution in [0, 0.1) is 0 Å². The first-order valence-electron chi connectivity index (χ1n) is 5.59. The standard InChI is InChI=1S/C13H15NO3/c1-14(2)13(16)9-3-4-10(8-15)12(7-9)17-11-5-6-11/h3-4,7-8,11H,5-6H2,1-2H3. The summed E-state index contributed by atoms with van der Waals surface area (Å²) in [5.74, 6) is 0.415. The Balaban J connectivity index is 2.29. The summed E-state index contributed by atoms with van der Waals surface area (Å²) in [5.41, 5.74) is 1.03. The fourth-order valence-corrected chi connectivity index (χ4v) is 1.49. The number of carbonyl (C=O) groups excluding carboxylic acids is 2. The number of amides is 1. The molecular weight excluding hydrogens is 218 g/mol. The average molecular weight is 233 g/mol. The highest BCUT2D eigenvalue weighted by Crippen LogP contribution is 2.29. The van der Waals surface area contributed by atoms with Crippen molar-refractivity contribution in [3.63, 3.8) is 0 Å². The van der Waals surface area contributed by atoms with Crippen molar-refractivity contribution in [2.75, 3.05) is 14.1 Å². The molecule has 17 heavy (non-hydrogen) atoms. The Bertz CT molecular complexity index is 450. The van der Waals surface area contributed by atoms with Crippen molar-refractivity contribution < 1.29 is 14.3 Å². The number of nitrogens with zero attached hydrogens (tertiary/aromatic N) is 1. The Hall–Kier alpha value is -1.84. The molecule has 1 aromatic rings. The van der Waals surface area contributed by atoms with E-state index in [1.165, 1.54) is 4.90 Å². The highest BCUT2D eigenvalue weighted by atomic mass is 16.5. The molecule has 0 heterocycles. The molecule has 1 amide bonds. The van der Waals surface area contributed by atoms with Gasteiger partial charge in [-0.2, -0.15) is 0 Å². The van der Waals surface area contributed by atoms with E-state index in [4.69, 9.17) is 4.74 Å². The second-order valence-electron chi connectivity index (χ2n) is 4.39. The fraction of sp³-hybridized carbons (Fsp3) is 0.385. The first-order valence-corrected chi connectivity index (χ1v) is 5.59. The number of aldehydes is 1. The van der Waals surface area contributed by atoms with Crippen molar-refractivity contribution in [1.29, 1.82) is 0 Å². The van der Waals surface area contributed by atoms with Crippen LogP contribution < -0.4 is 4.74 Å². The molecule has 4 nitrogen and oxygen atoms in total. The van der Waals surface area contributed by atoms with Crippen molar-refractivity contribution >= 4 is 12.2 Å². The van der Waals surface area contributed by atoms with E-state index >= 15 is 0 Å². The molecule has 0 saturated heterocycles. The molecule has 0 aliphatic heterocycles. The predicted molar refractivity (Wildman–Crippen MR) is 63.5 cm³/mol. The summed E-state index contributed by atoms with van der Waals surface area (Å²) in [7, 11) is 3.38. The first kappa shape index (κ1) is 11.6. The van der Waals surface area contributed by atoms with Gasteiger partial charge >= 0.3 is 0 Å². The lowest BCUT2D eigenvalue weighted by Crippen LogP contribution is -2.21. The lowest BCUT2D eigenvalue weighted by molar-refractivity contribution is 0.0826. The number of benzene rings is 1. The topological polar surface area (TPSA) is 46.6 Å². The summed E-state index contributed by atoms with van der Waals surface area (Å²) in [4.78, 5) is 24.1. The summed E-state index contributed by atoms with van der Waals surface area (Å²) >= 11 is 0. The molecule has 90 valence electrons. The Morgan fingerprint density at radius 1 is 1.41 bits per heavy atom. The molecule has 0 atom stereocenters. The van der Waals surface area contributed by atoms with Crippen molar-refractivity contribution in [1.82, 2.24) is 4.90 Å². The van der Waals surface area contributed by atoms with E-state index in [2.05, 4.69) is 0 Å². The predicted octanol–water partition coefficient (Wildman–Crippen LogP) is 1.74. The van der Waals surface area contributed by atoms with E-state index in [9.17, 15) is 9.59 Å². The number of ether oxygens (including phenoxy) is 1. The molecule has 1 aromatic carbocycles. The van der Waals surface area contributed by atoms with Gasteiger partial charge in [0.1, 0.15) is 5.75 Å². The van der Waals surface area contributed by atoms with Gasteiger partial charge < -0.3 is 9.64 Å². The third-order valence-corrected chi connectivity index (χ3v) is 2.61. The Labute approximate surface area is 100 Å². The average Bonchev–Trinajstić information content (AvgIpc) is 3.11. The normalized spacial score (nSPS) is 14.2. The summed E-state index contributed by atoms with van der Waals surface area (Å²) in [6.45, 7) is 0. The van der Waals surface area contributed by atoms with Crippen molar-refractivity contribution in [3.8, 4) is 5.75 Å². The minimum atomic E-state index is -0.0944. The maximum Gasteiger partial charge on any atom is 0.253 e. The molecule has 1 fully saturated rings. The number of rotatable bonds is 4. The molecule has 1 saturated carbocycles. The third-order valence-electron chi connectivity index (χ3n) is 2.61. The van der Waals surface area contributed by atoms with E-state index in [0.29, 0.717) is 16.9 Å². The van der Waals surface area contributed by atoms with E-state index < -0.39 is 0 Å². The molecule has 0 aromatic heterocycles. The van der Waals surface area contributed by atoms with Gasteiger partial charge in [0, 0.05) is 19.7 Å². The third kappa shape index (κ3) is 2.64. The van der Waals surface area contributed by atoms with E-state index in [1.807, 2.05) is 0 Å². The maximum atomic E-state index is 11.8. The van der Waals surface area contributed by atoms with Gasteiger partial charge in [0.2, 0.25) is 0 Å². The molecule has 0 unspecified atom stereocenters. The van der Waals surface area contributed by atoms with Crippen LogP contribution in [0.2, 0.25) is 0 Å². The van der Waals surface area contributed by atoms with Gasteiger partial charge in [-0.05, 0) is 31.0 Å². The van der Waals surface area contributed by atoms with Gasteiger partial charge in [-0.3, -0.25) is 9.59 Å². The monoisotopic (exact) mass is 233 g/mol. The highest BCUT2D eigenvalue weighted by Gasteiger charge is 2.25. The minimum Gasteiger partial charge on any atom is -0.490 e. The van der Waals surface area contributed by atoms with E-state index in [1.54, 1.807) is 32.3 Å². The fourth-order valence-electron chi connectivity index (χ4n) is 1.49. The highest BCUT2D eigenvalue weighted by molar-refractivity contribution is 5.95. The van der Waals surface area contributed by atoms with Crippen LogP contribution in [0.1, 0.15) is 33.6 Å². The molecule has 1 aliphatic carbocycles. The van der Waals surface area contributed by atoms with Crippen molar-refractivity contribution in [2.45, 2.75) is 18.9 Å². The summed E-state index contributed by atoms with van der Waals surface area (Å²) in [5, 5.41) is 0. The van der Waals surface area contributed by atoms with Gasteiger partial charge in [0.25, 0.3) is 5.91 Å².